The van der Waals surface area contributed by atoms with Crippen LogP contribution < -0.4 is 21.3 Å². The summed E-state index contributed by atoms with van der Waals surface area (Å²) >= 11 is 0.973. The zero-order chi connectivity index (χ0) is 21.3. The number of pyridine rings is 1. The van der Waals surface area contributed by atoms with Crippen molar-refractivity contribution in [2.75, 3.05) is 12.5 Å². The van der Waals surface area contributed by atoms with E-state index in [4.69, 9.17) is 4.74 Å². The fourth-order valence-electron chi connectivity index (χ4n) is 3.05. The molecule has 0 fully saturated rings. The molecule has 0 unspecified atom stereocenters. The number of anilines is 1. The molecule has 1 N–H and O–H groups in total. The highest BCUT2D eigenvalue weighted by Crippen LogP contribution is 2.23. The maximum absolute atomic E-state index is 12.9. The Bertz CT molecular complexity index is 1460. The van der Waals surface area contributed by atoms with Gasteiger partial charge in [0.05, 0.1) is 23.7 Å². The molecule has 2 aromatic carbocycles. The number of aryl methyl sites for hydroxylation is 1. The number of hydrogen-bond donors (Lipinski definition) is 1. The van der Waals surface area contributed by atoms with E-state index in [0.717, 1.165) is 11.3 Å². The average molecular weight is 417 g/mol. The molecular weight excluding hydrogens is 402 g/mol. The van der Waals surface area contributed by atoms with Crippen LogP contribution in [0.5, 0.6) is 5.75 Å². The lowest BCUT2D eigenvalue weighted by Crippen LogP contribution is -2.22. The summed E-state index contributed by atoms with van der Waals surface area (Å²) in [5.41, 5.74) is 3.04. The molecule has 0 saturated carbocycles. The van der Waals surface area contributed by atoms with Crippen molar-refractivity contribution >= 4 is 43.7 Å². The number of hydrogen-bond acceptors (Lipinski definition) is 8. The minimum Gasteiger partial charge on any atom is -0.497 e. The highest BCUT2D eigenvalue weighted by molar-refractivity contribution is 7.20. The maximum atomic E-state index is 12.9. The van der Waals surface area contributed by atoms with Crippen molar-refractivity contribution in [2.24, 2.45) is 12.1 Å². The maximum Gasteiger partial charge on any atom is 0.280 e. The second-order valence-corrected chi connectivity index (χ2v) is 7.32. The Morgan fingerprint density at radius 2 is 1.93 bits per heavy atom. The zero-order valence-corrected chi connectivity index (χ0v) is 16.9. The first-order chi connectivity index (χ1) is 14.5. The van der Waals surface area contributed by atoms with Crippen LogP contribution in [-0.2, 0) is 7.05 Å². The Morgan fingerprint density at radius 1 is 1.20 bits per heavy atom. The van der Waals surface area contributed by atoms with Crippen molar-refractivity contribution in [1.29, 1.82) is 5.26 Å². The lowest BCUT2D eigenvalue weighted by atomic mass is 10.1. The van der Waals surface area contributed by atoms with E-state index >= 15 is 0 Å². The Balaban J connectivity index is 1.84. The average Bonchev–Trinajstić information content (AvgIpc) is 2.78. The Morgan fingerprint density at radius 3 is 2.63 bits per heavy atom. The number of nitrogens with zero attached hydrogens (tertiary/aromatic N) is 4. The van der Waals surface area contributed by atoms with E-state index in [1.54, 1.807) is 62.7 Å². The molecule has 2 heterocycles. The third-order valence-electron chi connectivity index (χ3n) is 4.57. The van der Waals surface area contributed by atoms with Crippen molar-refractivity contribution < 1.29 is 4.74 Å². The summed E-state index contributed by atoms with van der Waals surface area (Å²) in [6.45, 7) is 0. The predicted octanol–water partition coefficient (Wildman–Crippen LogP) is 2.86. The van der Waals surface area contributed by atoms with Crippen LogP contribution >= 0.6 is 11.3 Å². The van der Waals surface area contributed by atoms with E-state index in [9.17, 15) is 14.9 Å². The van der Waals surface area contributed by atoms with Crippen LogP contribution in [0.15, 0.2) is 63.2 Å². The van der Waals surface area contributed by atoms with Gasteiger partial charge in [0.15, 0.2) is 10.7 Å². The number of methoxy groups -OCH3 is 1. The predicted molar refractivity (Wildman–Crippen MR) is 117 cm³/mol. The van der Waals surface area contributed by atoms with Crippen molar-refractivity contribution in [2.45, 2.75) is 0 Å². The molecule has 148 valence electrons. The zero-order valence-electron chi connectivity index (χ0n) is 16.0. The van der Waals surface area contributed by atoms with Gasteiger partial charge in [0.2, 0.25) is 0 Å². The third kappa shape index (κ3) is 3.29. The second kappa shape index (κ2) is 7.77. The van der Waals surface area contributed by atoms with Crippen LogP contribution in [0.1, 0.15) is 5.01 Å². The summed E-state index contributed by atoms with van der Waals surface area (Å²) in [6.07, 6.45) is 0. The van der Waals surface area contributed by atoms with Crippen molar-refractivity contribution in [1.82, 2.24) is 9.55 Å². The standard InChI is InChI=1S/C21H15N5O3S/c1-26-16-6-4-3-5-14(16)17-18(21(26)28)30-20(23-19(17)27)15(11-22)25-24-12-7-9-13(29-2)10-8-12/h3-10,24H,1-2H3/b25-15+. The number of para-hydroxylation sites is 1. The SMILES string of the molecule is COc1ccc(N/N=C(\C#N)c2nc(=O)c3c(s2)c(=O)n(C)c2ccccc32)cc1. The monoisotopic (exact) mass is 417 g/mol. The first-order valence-electron chi connectivity index (χ1n) is 8.84. The molecule has 0 amide bonds. The number of benzene rings is 2. The Hall–Kier alpha value is -4.03. The van der Waals surface area contributed by atoms with Gasteiger partial charge in [-0.1, -0.05) is 18.2 Å². The summed E-state index contributed by atoms with van der Waals surface area (Å²) in [5, 5.41) is 14.6. The van der Waals surface area contributed by atoms with E-state index < -0.39 is 5.56 Å². The van der Waals surface area contributed by atoms with E-state index in [2.05, 4.69) is 15.5 Å². The van der Waals surface area contributed by atoms with Crippen LogP contribution in [0.3, 0.4) is 0 Å². The summed E-state index contributed by atoms with van der Waals surface area (Å²) in [7, 11) is 3.21. The van der Waals surface area contributed by atoms with Crippen LogP contribution in [0, 0.1) is 11.3 Å². The molecule has 2 aromatic heterocycles. The number of rotatable bonds is 4. The van der Waals surface area contributed by atoms with E-state index in [-0.39, 0.29) is 26.4 Å². The summed E-state index contributed by atoms with van der Waals surface area (Å²) in [5.74, 6) is 0.683. The molecule has 0 bridgehead atoms. The van der Waals surface area contributed by atoms with E-state index in [1.165, 1.54) is 4.57 Å². The molecule has 0 aliphatic heterocycles. The first kappa shape index (κ1) is 19.3. The number of nitrogens with one attached hydrogen (secondary N) is 1. The summed E-state index contributed by atoms with van der Waals surface area (Å²) in [4.78, 5) is 29.7. The highest BCUT2D eigenvalue weighted by Gasteiger charge is 2.17. The highest BCUT2D eigenvalue weighted by atomic mass is 32.1. The van der Waals surface area contributed by atoms with Gasteiger partial charge in [-0.2, -0.15) is 15.3 Å². The fraction of sp³-hybridized carbons (Fsp3) is 0.0952. The van der Waals surface area contributed by atoms with Crippen LogP contribution in [0.25, 0.3) is 21.0 Å². The minimum atomic E-state index is -0.569. The van der Waals surface area contributed by atoms with Gasteiger partial charge in [-0.25, -0.2) is 0 Å². The molecule has 9 heteroatoms. The van der Waals surface area contributed by atoms with Crippen molar-refractivity contribution in [3.05, 3.63) is 74.2 Å². The quantitative estimate of drug-likeness (QED) is 0.311. The molecule has 0 radical (unpaired) electrons. The van der Waals surface area contributed by atoms with Crippen LogP contribution in [0.2, 0.25) is 0 Å². The number of nitriles is 1. The topological polar surface area (TPSA) is 109 Å². The summed E-state index contributed by atoms with van der Waals surface area (Å²) in [6, 6.07) is 16.0. The molecule has 0 aliphatic carbocycles. The smallest absolute Gasteiger partial charge is 0.280 e. The molecule has 30 heavy (non-hydrogen) atoms. The summed E-state index contributed by atoms with van der Waals surface area (Å²) < 4.78 is 6.82. The lowest BCUT2D eigenvalue weighted by molar-refractivity contribution is 0.415. The Kier molecular flexibility index (Phi) is 5.00. The van der Waals surface area contributed by atoms with E-state index in [1.807, 2.05) is 6.07 Å². The molecule has 4 rings (SSSR count). The first-order valence-corrected chi connectivity index (χ1v) is 9.66. The number of fused-ring (bicyclic) bond motifs is 3. The van der Waals surface area contributed by atoms with Crippen molar-refractivity contribution in [3.8, 4) is 11.8 Å². The minimum absolute atomic E-state index is 0.0726. The van der Waals surface area contributed by atoms with Gasteiger partial charge >= 0.3 is 0 Å². The Labute approximate surface area is 174 Å². The third-order valence-corrected chi connectivity index (χ3v) is 5.63. The van der Waals surface area contributed by atoms with Gasteiger partial charge in [-0.05, 0) is 30.3 Å². The van der Waals surface area contributed by atoms with Gasteiger partial charge in [0.25, 0.3) is 11.1 Å². The van der Waals surface area contributed by atoms with Gasteiger partial charge in [-0.3, -0.25) is 15.0 Å². The molecule has 0 aliphatic rings. The second-order valence-electron chi connectivity index (χ2n) is 6.32. The number of aromatic nitrogens is 2. The molecule has 4 aromatic rings. The molecule has 0 saturated heterocycles. The molecule has 8 nitrogen and oxygen atoms in total. The molecule has 0 spiro atoms. The van der Waals surface area contributed by atoms with Gasteiger partial charge in [-0.15, -0.1) is 11.3 Å². The van der Waals surface area contributed by atoms with Gasteiger partial charge < -0.3 is 9.30 Å². The van der Waals surface area contributed by atoms with Crippen molar-refractivity contribution in [3.63, 3.8) is 0 Å². The van der Waals surface area contributed by atoms with Gasteiger partial charge in [0, 0.05) is 12.4 Å². The largest absolute Gasteiger partial charge is 0.497 e. The normalized spacial score (nSPS) is 11.4. The number of hydrazone groups is 1. The molecule has 0 atom stereocenters. The van der Waals surface area contributed by atoms with Crippen LogP contribution in [0.4, 0.5) is 5.69 Å². The fourth-order valence-corrected chi connectivity index (χ4v) is 4.08. The van der Waals surface area contributed by atoms with Gasteiger partial charge in [0.1, 0.15) is 16.5 Å². The van der Waals surface area contributed by atoms with E-state index in [0.29, 0.717) is 22.3 Å². The molecular formula is C21H15N5O3S. The van der Waals surface area contributed by atoms with Crippen LogP contribution in [-0.4, -0.2) is 22.4 Å². The lowest BCUT2D eigenvalue weighted by Gasteiger charge is -2.08. The number of ether oxygens (including phenoxy) is 1.